The fourth-order valence-electron chi connectivity index (χ4n) is 3.90. The summed E-state index contributed by atoms with van der Waals surface area (Å²) in [5.74, 6) is 0.731. The van der Waals surface area contributed by atoms with Gasteiger partial charge in [-0.25, -0.2) is 0 Å². The summed E-state index contributed by atoms with van der Waals surface area (Å²) >= 11 is 0. The van der Waals surface area contributed by atoms with E-state index in [1.807, 2.05) is 84.9 Å². The maximum absolute atomic E-state index is 12.1. The number of nitrogens with zero attached hydrogens (tertiary/aromatic N) is 1. The lowest BCUT2D eigenvalue weighted by atomic mass is 9.80. The van der Waals surface area contributed by atoms with Crippen molar-refractivity contribution in [2.45, 2.75) is 25.9 Å². The van der Waals surface area contributed by atoms with E-state index in [4.69, 9.17) is 4.74 Å². The van der Waals surface area contributed by atoms with Crippen LogP contribution in [0.1, 0.15) is 37.0 Å². The second-order valence-corrected chi connectivity index (χ2v) is 8.12. The minimum absolute atomic E-state index is 0.629. The number of rotatable bonds is 10. The molecule has 30 heavy (non-hydrogen) atoms. The van der Waals surface area contributed by atoms with Crippen molar-refractivity contribution in [2.75, 3.05) is 33.3 Å². The van der Waals surface area contributed by atoms with E-state index < -0.39 is 5.60 Å². The third kappa shape index (κ3) is 4.75. The molecular formula is C27H34NO2+. The molecule has 3 aromatic rings. The summed E-state index contributed by atoms with van der Waals surface area (Å²) in [7, 11) is 2.29. The summed E-state index contributed by atoms with van der Waals surface area (Å²) < 4.78 is 7.29. The zero-order chi connectivity index (χ0) is 21.5. The SMILES string of the molecule is CC[N+](C)(CC)CCCOc1ccccc1C(O)(c1ccccc1)c1ccccc1. The first-order valence-corrected chi connectivity index (χ1v) is 10.9. The van der Waals surface area contributed by atoms with Gasteiger partial charge in [-0.15, -0.1) is 0 Å². The van der Waals surface area contributed by atoms with Crippen LogP contribution in [-0.4, -0.2) is 42.9 Å². The van der Waals surface area contributed by atoms with Crippen LogP contribution >= 0.6 is 0 Å². The summed E-state index contributed by atoms with van der Waals surface area (Å²) in [6.07, 6.45) is 0.974. The fraction of sp³-hybridized carbons (Fsp3) is 0.333. The first-order valence-electron chi connectivity index (χ1n) is 10.9. The topological polar surface area (TPSA) is 29.5 Å². The van der Waals surface area contributed by atoms with Crippen LogP contribution in [0.3, 0.4) is 0 Å². The van der Waals surface area contributed by atoms with Gasteiger partial charge < -0.3 is 14.3 Å². The standard InChI is InChI=1S/C27H34NO2/c1-4-28(3,5-2)21-14-22-30-26-20-13-12-19-25(26)27(29,23-15-8-6-9-16-23)24-17-10-7-11-18-24/h6-13,15-20,29H,4-5,14,21-22H2,1-3H3/q+1. The van der Waals surface area contributed by atoms with Gasteiger partial charge in [-0.05, 0) is 31.0 Å². The van der Waals surface area contributed by atoms with E-state index >= 15 is 0 Å². The summed E-state index contributed by atoms with van der Waals surface area (Å²) in [5, 5.41) is 12.1. The molecule has 0 amide bonds. The van der Waals surface area contributed by atoms with Crippen molar-refractivity contribution in [3.05, 3.63) is 102 Å². The van der Waals surface area contributed by atoms with Crippen LogP contribution in [0.25, 0.3) is 0 Å². The molecule has 0 aliphatic rings. The zero-order valence-electron chi connectivity index (χ0n) is 18.4. The molecule has 0 spiro atoms. The van der Waals surface area contributed by atoms with Crippen LogP contribution in [0.2, 0.25) is 0 Å². The van der Waals surface area contributed by atoms with Gasteiger partial charge in [0.25, 0.3) is 0 Å². The molecule has 0 aromatic heterocycles. The van der Waals surface area contributed by atoms with Crippen molar-refractivity contribution < 1.29 is 14.3 Å². The number of para-hydroxylation sites is 1. The lowest BCUT2D eigenvalue weighted by Gasteiger charge is -2.33. The minimum atomic E-state index is -1.28. The molecule has 0 radical (unpaired) electrons. The number of hydrogen-bond acceptors (Lipinski definition) is 2. The van der Waals surface area contributed by atoms with Gasteiger partial charge in [0.1, 0.15) is 11.4 Å². The molecule has 3 rings (SSSR count). The van der Waals surface area contributed by atoms with Crippen molar-refractivity contribution in [1.82, 2.24) is 0 Å². The van der Waals surface area contributed by atoms with E-state index in [9.17, 15) is 5.11 Å². The number of ether oxygens (including phenoxy) is 1. The van der Waals surface area contributed by atoms with E-state index in [-0.39, 0.29) is 0 Å². The van der Waals surface area contributed by atoms with Crippen LogP contribution in [0, 0.1) is 0 Å². The maximum atomic E-state index is 12.1. The Morgan fingerprint density at radius 2 is 1.27 bits per heavy atom. The average molecular weight is 405 g/mol. The molecular weight excluding hydrogens is 370 g/mol. The third-order valence-corrected chi connectivity index (χ3v) is 6.29. The highest BCUT2D eigenvalue weighted by Gasteiger charge is 2.36. The summed E-state index contributed by atoms with van der Waals surface area (Å²) in [5.41, 5.74) is 1.14. The highest BCUT2D eigenvalue weighted by molar-refractivity contribution is 5.52. The Bertz CT molecular complexity index is 865. The van der Waals surface area contributed by atoms with Gasteiger partial charge in [0, 0.05) is 12.0 Å². The Hall–Kier alpha value is -2.62. The van der Waals surface area contributed by atoms with Crippen LogP contribution in [0.15, 0.2) is 84.9 Å². The molecule has 0 atom stereocenters. The molecule has 0 saturated heterocycles. The van der Waals surface area contributed by atoms with Crippen molar-refractivity contribution in [1.29, 1.82) is 0 Å². The van der Waals surface area contributed by atoms with Gasteiger partial charge in [-0.2, -0.15) is 0 Å². The second kappa shape index (κ2) is 9.92. The number of quaternary nitrogens is 1. The quantitative estimate of drug-likeness (QED) is 0.285. The van der Waals surface area contributed by atoms with E-state index in [2.05, 4.69) is 20.9 Å². The van der Waals surface area contributed by atoms with Crippen molar-refractivity contribution in [2.24, 2.45) is 0 Å². The Balaban J connectivity index is 1.91. The first kappa shape index (κ1) is 22.1. The van der Waals surface area contributed by atoms with Crippen molar-refractivity contribution in [3.8, 4) is 5.75 Å². The molecule has 1 N–H and O–H groups in total. The van der Waals surface area contributed by atoms with Crippen molar-refractivity contribution >= 4 is 0 Å². The molecule has 3 nitrogen and oxygen atoms in total. The van der Waals surface area contributed by atoms with Gasteiger partial charge in [-0.3, -0.25) is 0 Å². The normalized spacial score (nSPS) is 12.0. The van der Waals surface area contributed by atoms with Gasteiger partial charge in [0.2, 0.25) is 0 Å². The van der Waals surface area contributed by atoms with Crippen LogP contribution < -0.4 is 4.74 Å². The largest absolute Gasteiger partial charge is 0.493 e. The molecule has 3 aromatic carbocycles. The predicted molar refractivity (Wildman–Crippen MR) is 124 cm³/mol. The molecule has 0 heterocycles. The molecule has 0 aliphatic heterocycles. The molecule has 158 valence electrons. The predicted octanol–water partition coefficient (Wildman–Crippen LogP) is 5.23. The third-order valence-electron chi connectivity index (χ3n) is 6.29. The molecule has 0 fully saturated rings. The Kier molecular flexibility index (Phi) is 7.30. The lowest BCUT2D eigenvalue weighted by molar-refractivity contribution is -0.906. The minimum Gasteiger partial charge on any atom is -0.493 e. The van der Waals surface area contributed by atoms with E-state index in [1.54, 1.807) is 0 Å². The number of benzene rings is 3. The lowest BCUT2D eigenvalue weighted by Crippen LogP contribution is -2.44. The van der Waals surface area contributed by atoms with Gasteiger partial charge in [-0.1, -0.05) is 78.9 Å². The van der Waals surface area contributed by atoms with Crippen LogP contribution in [0.4, 0.5) is 0 Å². The van der Waals surface area contributed by atoms with Gasteiger partial charge >= 0.3 is 0 Å². The first-order chi connectivity index (χ1) is 14.5. The molecule has 3 heteroatoms. The molecule has 0 aliphatic carbocycles. The highest BCUT2D eigenvalue weighted by Crippen LogP contribution is 2.41. The van der Waals surface area contributed by atoms with Gasteiger partial charge in [0.15, 0.2) is 0 Å². The van der Waals surface area contributed by atoms with Crippen LogP contribution in [-0.2, 0) is 5.60 Å². The second-order valence-electron chi connectivity index (χ2n) is 8.12. The Labute approximate surface area is 181 Å². The maximum Gasteiger partial charge on any atom is 0.144 e. The molecule has 0 unspecified atom stereocenters. The Morgan fingerprint density at radius 3 is 1.80 bits per heavy atom. The van der Waals surface area contributed by atoms with Crippen molar-refractivity contribution in [3.63, 3.8) is 0 Å². The monoisotopic (exact) mass is 404 g/mol. The van der Waals surface area contributed by atoms with E-state index in [0.29, 0.717) is 6.61 Å². The summed E-state index contributed by atoms with van der Waals surface area (Å²) in [6, 6.07) is 27.5. The van der Waals surface area contributed by atoms with E-state index in [0.717, 1.165) is 53.0 Å². The number of aliphatic hydroxyl groups is 1. The molecule has 0 bridgehead atoms. The fourth-order valence-corrected chi connectivity index (χ4v) is 3.90. The van der Waals surface area contributed by atoms with E-state index in [1.165, 1.54) is 0 Å². The number of hydrogen-bond donors (Lipinski definition) is 1. The summed E-state index contributed by atoms with van der Waals surface area (Å²) in [6.45, 7) is 8.42. The highest BCUT2D eigenvalue weighted by atomic mass is 16.5. The zero-order valence-corrected chi connectivity index (χ0v) is 18.4. The van der Waals surface area contributed by atoms with Gasteiger partial charge in [0.05, 0.1) is 33.3 Å². The average Bonchev–Trinajstić information content (AvgIpc) is 2.82. The smallest absolute Gasteiger partial charge is 0.144 e. The Morgan fingerprint density at radius 1 is 0.767 bits per heavy atom. The van der Waals surface area contributed by atoms with Crippen LogP contribution in [0.5, 0.6) is 5.75 Å². The summed E-state index contributed by atoms with van der Waals surface area (Å²) in [4.78, 5) is 0. The molecule has 0 saturated carbocycles.